The number of nitrogens with zero attached hydrogens (tertiary/aromatic N) is 1. The molecule has 2 nitrogen and oxygen atoms in total. The van der Waals surface area contributed by atoms with Crippen molar-refractivity contribution in [3.05, 3.63) is 35.6 Å². The quantitative estimate of drug-likeness (QED) is 0.676. The van der Waals surface area contributed by atoms with Crippen LogP contribution >= 0.6 is 0 Å². The molecule has 0 bridgehead atoms. The van der Waals surface area contributed by atoms with Gasteiger partial charge in [-0.2, -0.15) is 0 Å². The number of rotatable bonds is 7. The van der Waals surface area contributed by atoms with Crippen LogP contribution in [-0.2, 0) is 11.3 Å². The van der Waals surface area contributed by atoms with Gasteiger partial charge in [0.25, 0.3) is 0 Å². The van der Waals surface area contributed by atoms with Crippen molar-refractivity contribution in [2.75, 3.05) is 19.8 Å². The summed E-state index contributed by atoms with van der Waals surface area (Å²) < 4.78 is 18.2. The molecule has 0 aliphatic heterocycles. The van der Waals surface area contributed by atoms with E-state index in [9.17, 15) is 4.39 Å². The van der Waals surface area contributed by atoms with Gasteiger partial charge in [0, 0.05) is 25.7 Å². The Kier molecular flexibility index (Phi) is 4.51. The Bertz CT molecular complexity index is 335. The maximum Gasteiger partial charge on any atom is 0.123 e. The van der Waals surface area contributed by atoms with Gasteiger partial charge in [-0.05, 0) is 37.5 Å². The summed E-state index contributed by atoms with van der Waals surface area (Å²) in [5, 5.41) is 0. The minimum absolute atomic E-state index is 0.166. The van der Waals surface area contributed by atoms with E-state index in [1.54, 1.807) is 0 Å². The highest BCUT2D eigenvalue weighted by molar-refractivity contribution is 5.16. The van der Waals surface area contributed by atoms with Crippen molar-refractivity contribution < 1.29 is 9.13 Å². The first-order chi connectivity index (χ1) is 8.29. The van der Waals surface area contributed by atoms with Gasteiger partial charge in [0.1, 0.15) is 5.82 Å². The average molecular weight is 237 g/mol. The van der Waals surface area contributed by atoms with Gasteiger partial charge in [-0.25, -0.2) is 4.39 Å². The van der Waals surface area contributed by atoms with E-state index < -0.39 is 0 Å². The van der Waals surface area contributed by atoms with E-state index in [1.807, 2.05) is 19.1 Å². The number of hydrogen-bond donors (Lipinski definition) is 0. The van der Waals surface area contributed by atoms with E-state index in [0.717, 1.165) is 26.3 Å². The van der Waals surface area contributed by atoms with Crippen molar-refractivity contribution >= 4 is 0 Å². The summed E-state index contributed by atoms with van der Waals surface area (Å²) in [5.74, 6) is -0.166. The van der Waals surface area contributed by atoms with Crippen LogP contribution < -0.4 is 0 Å². The van der Waals surface area contributed by atoms with Gasteiger partial charge >= 0.3 is 0 Å². The van der Waals surface area contributed by atoms with Crippen LogP contribution in [0.1, 0.15) is 25.3 Å². The largest absolute Gasteiger partial charge is 0.380 e. The van der Waals surface area contributed by atoms with Gasteiger partial charge in [0.2, 0.25) is 0 Å². The van der Waals surface area contributed by atoms with E-state index >= 15 is 0 Å². The lowest BCUT2D eigenvalue weighted by atomic mass is 10.2. The van der Waals surface area contributed by atoms with Crippen LogP contribution in [0.5, 0.6) is 0 Å². The third-order valence-electron chi connectivity index (χ3n) is 3.09. The topological polar surface area (TPSA) is 12.5 Å². The van der Waals surface area contributed by atoms with Crippen LogP contribution in [0.25, 0.3) is 0 Å². The average Bonchev–Trinajstić information content (AvgIpc) is 3.15. The van der Waals surface area contributed by atoms with E-state index in [4.69, 9.17) is 4.74 Å². The monoisotopic (exact) mass is 237 g/mol. The molecule has 0 atom stereocenters. The molecule has 0 saturated heterocycles. The highest BCUT2D eigenvalue weighted by atomic mass is 19.1. The second-order valence-corrected chi connectivity index (χ2v) is 4.53. The first-order valence-electron chi connectivity index (χ1n) is 6.36. The van der Waals surface area contributed by atoms with Crippen LogP contribution in [0, 0.1) is 5.82 Å². The smallest absolute Gasteiger partial charge is 0.123 e. The molecule has 3 heteroatoms. The van der Waals surface area contributed by atoms with Crippen LogP contribution in [-0.4, -0.2) is 30.7 Å². The lowest BCUT2D eigenvalue weighted by Gasteiger charge is -2.21. The van der Waals surface area contributed by atoms with Crippen molar-refractivity contribution in [1.29, 1.82) is 0 Å². The third kappa shape index (κ3) is 4.10. The Morgan fingerprint density at radius 3 is 2.59 bits per heavy atom. The predicted octanol–water partition coefficient (Wildman–Crippen LogP) is 2.83. The molecule has 1 aromatic carbocycles. The third-order valence-corrected chi connectivity index (χ3v) is 3.09. The van der Waals surface area contributed by atoms with Gasteiger partial charge in [-0.1, -0.05) is 12.1 Å². The molecular formula is C14H20FNO. The van der Waals surface area contributed by atoms with Crippen LogP contribution in [0.4, 0.5) is 4.39 Å². The van der Waals surface area contributed by atoms with Crippen molar-refractivity contribution in [3.8, 4) is 0 Å². The maximum absolute atomic E-state index is 12.8. The maximum atomic E-state index is 12.8. The summed E-state index contributed by atoms with van der Waals surface area (Å²) in [6, 6.07) is 7.50. The summed E-state index contributed by atoms with van der Waals surface area (Å²) in [6.07, 6.45) is 2.57. The minimum atomic E-state index is -0.166. The van der Waals surface area contributed by atoms with Crippen LogP contribution in [0.2, 0.25) is 0 Å². The molecule has 1 aliphatic rings. The number of hydrogen-bond acceptors (Lipinski definition) is 2. The van der Waals surface area contributed by atoms with Gasteiger partial charge in [0.15, 0.2) is 0 Å². The molecular weight excluding hydrogens is 217 g/mol. The summed E-state index contributed by atoms with van der Waals surface area (Å²) >= 11 is 0. The highest BCUT2D eigenvalue weighted by Gasteiger charge is 2.28. The first-order valence-corrected chi connectivity index (χ1v) is 6.36. The number of ether oxygens (including phenoxy) is 1. The zero-order valence-corrected chi connectivity index (χ0v) is 10.4. The molecule has 0 aromatic heterocycles. The van der Waals surface area contributed by atoms with Gasteiger partial charge in [-0.15, -0.1) is 0 Å². The fourth-order valence-electron chi connectivity index (χ4n) is 1.98. The zero-order chi connectivity index (χ0) is 12.1. The molecule has 1 aliphatic carbocycles. The Morgan fingerprint density at radius 2 is 2.00 bits per heavy atom. The number of halogens is 1. The lowest BCUT2D eigenvalue weighted by Crippen LogP contribution is -2.29. The zero-order valence-electron chi connectivity index (χ0n) is 10.4. The van der Waals surface area contributed by atoms with Crippen molar-refractivity contribution in [2.24, 2.45) is 0 Å². The molecule has 0 unspecified atom stereocenters. The second-order valence-electron chi connectivity index (χ2n) is 4.53. The SMILES string of the molecule is CCOCCN(Cc1ccc(F)cc1)C1CC1. The van der Waals surface area contributed by atoms with E-state index in [2.05, 4.69) is 4.90 Å². The molecule has 1 fully saturated rings. The van der Waals surface area contributed by atoms with E-state index in [0.29, 0.717) is 6.04 Å². The lowest BCUT2D eigenvalue weighted by molar-refractivity contribution is 0.107. The molecule has 0 heterocycles. The normalized spacial score (nSPS) is 15.5. The summed E-state index contributed by atoms with van der Waals surface area (Å²) in [6.45, 7) is 5.44. The van der Waals surface area contributed by atoms with Crippen molar-refractivity contribution in [3.63, 3.8) is 0 Å². The summed E-state index contributed by atoms with van der Waals surface area (Å²) in [5.41, 5.74) is 1.18. The minimum Gasteiger partial charge on any atom is -0.380 e. The molecule has 0 radical (unpaired) electrons. The number of benzene rings is 1. The highest BCUT2D eigenvalue weighted by Crippen LogP contribution is 2.28. The predicted molar refractivity (Wildman–Crippen MR) is 66.3 cm³/mol. The van der Waals surface area contributed by atoms with Crippen molar-refractivity contribution in [1.82, 2.24) is 4.90 Å². The second kappa shape index (κ2) is 6.12. The molecule has 94 valence electrons. The molecule has 0 spiro atoms. The van der Waals surface area contributed by atoms with Gasteiger partial charge in [-0.3, -0.25) is 4.90 Å². The first kappa shape index (κ1) is 12.5. The summed E-state index contributed by atoms with van der Waals surface area (Å²) in [7, 11) is 0. The van der Waals surface area contributed by atoms with Crippen molar-refractivity contribution in [2.45, 2.75) is 32.4 Å². The fraction of sp³-hybridized carbons (Fsp3) is 0.571. The molecule has 0 amide bonds. The Balaban J connectivity index is 1.86. The Hall–Kier alpha value is -0.930. The fourth-order valence-corrected chi connectivity index (χ4v) is 1.98. The standard InChI is InChI=1S/C14H20FNO/c1-2-17-10-9-16(14-7-8-14)11-12-3-5-13(15)6-4-12/h3-6,14H,2,7-11H2,1H3. The van der Waals surface area contributed by atoms with Gasteiger partial charge < -0.3 is 4.74 Å². The molecule has 1 aromatic rings. The molecule has 1 saturated carbocycles. The van der Waals surface area contributed by atoms with Gasteiger partial charge in [0.05, 0.1) is 6.61 Å². The molecule has 0 N–H and O–H groups in total. The van der Waals surface area contributed by atoms with E-state index in [-0.39, 0.29) is 5.82 Å². The van der Waals surface area contributed by atoms with Crippen LogP contribution in [0.15, 0.2) is 24.3 Å². The molecule has 17 heavy (non-hydrogen) atoms. The van der Waals surface area contributed by atoms with E-state index in [1.165, 1.54) is 30.5 Å². The Morgan fingerprint density at radius 1 is 1.29 bits per heavy atom. The van der Waals surface area contributed by atoms with Crippen LogP contribution in [0.3, 0.4) is 0 Å². The summed E-state index contributed by atoms with van der Waals surface area (Å²) in [4.78, 5) is 2.43. The molecule has 2 rings (SSSR count). The Labute approximate surface area is 102 Å².